The van der Waals surface area contributed by atoms with E-state index < -0.39 is 5.54 Å². The molecule has 1 N–H and O–H groups in total. The molecule has 0 aliphatic heterocycles. The van der Waals surface area contributed by atoms with Gasteiger partial charge in [0.15, 0.2) is 0 Å². The lowest BCUT2D eigenvalue weighted by Crippen LogP contribution is -2.31. The fourth-order valence-electron chi connectivity index (χ4n) is 1.08. The van der Waals surface area contributed by atoms with Crippen molar-refractivity contribution in [1.29, 1.82) is 5.26 Å². The van der Waals surface area contributed by atoms with Gasteiger partial charge in [0.1, 0.15) is 11.4 Å². The molecule has 1 atom stereocenters. The van der Waals surface area contributed by atoms with Crippen molar-refractivity contribution in [3.8, 4) is 6.07 Å². The van der Waals surface area contributed by atoms with Gasteiger partial charge in [-0.1, -0.05) is 13.0 Å². The fraction of sp³-hybridized carbons (Fsp3) is 0.364. The molecule has 0 heterocycles. The molecule has 3 heteroatoms. The highest BCUT2D eigenvalue weighted by Gasteiger charge is 2.20. The molecule has 0 aliphatic rings. The van der Waals surface area contributed by atoms with Crippen LogP contribution < -0.4 is 5.32 Å². The Balaban J connectivity index is 2.84. The molecule has 1 unspecified atom stereocenters. The molecule has 0 saturated heterocycles. The van der Waals surface area contributed by atoms with Crippen molar-refractivity contribution >= 4 is 5.69 Å². The van der Waals surface area contributed by atoms with Crippen molar-refractivity contribution in [2.24, 2.45) is 0 Å². The summed E-state index contributed by atoms with van der Waals surface area (Å²) in [5, 5.41) is 11.9. The van der Waals surface area contributed by atoms with E-state index in [2.05, 4.69) is 11.4 Å². The summed E-state index contributed by atoms with van der Waals surface area (Å²) in [5.41, 5.74) is 0.00394. The van der Waals surface area contributed by atoms with E-state index >= 15 is 0 Å². The number of nitriles is 1. The van der Waals surface area contributed by atoms with Gasteiger partial charge in [-0.3, -0.25) is 0 Å². The third-order valence-corrected chi connectivity index (χ3v) is 2.20. The summed E-state index contributed by atoms with van der Waals surface area (Å²) < 4.78 is 12.8. The smallest absolute Gasteiger partial charge is 0.125 e. The number of benzene rings is 1. The van der Waals surface area contributed by atoms with Gasteiger partial charge < -0.3 is 5.32 Å². The van der Waals surface area contributed by atoms with Crippen LogP contribution in [-0.2, 0) is 0 Å². The minimum Gasteiger partial charge on any atom is -0.368 e. The van der Waals surface area contributed by atoms with Crippen LogP contribution in [0.2, 0.25) is 0 Å². The number of halogens is 1. The number of rotatable bonds is 3. The van der Waals surface area contributed by atoms with Crippen LogP contribution >= 0.6 is 0 Å². The van der Waals surface area contributed by atoms with Crippen molar-refractivity contribution in [3.05, 3.63) is 30.1 Å². The zero-order chi connectivity index (χ0) is 10.6. The summed E-state index contributed by atoms with van der Waals surface area (Å²) in [6, 6.07) is 8.28. The molecule has 0 bridgehead atoms. The van der Waals surface area contributed by atoms with Gasteiger partial charge in [-0.15, -0.1) is 0 Å². The Morgan fingerprint density at radius 2 is 2.29 bits per heavy atom. The number of anilines is 1. The second-order valence-corrected chi connectivity index (χ2v) is 3.43. The number of nitrogens with one attached hydrogen (secondary N) is 1. The zero-order valence-electron chi connectivity index (χ0n) is 8.34. The lowest BCUT2D eigenvalue weighted by molar-refractivity contribution is 0.615. The largest absolute Gasteiger partial charge is 0.368 e. The van der Waals surface area contributed by atoms with Crippen molar-refractivity contribution < 1.29 is 4.39 Å². The molecule has 0 fully saturated rings. The van der Waals surface area contributed by atoms with Gasteiger partial charge in [-0.2, -0.15) is 5.26 Å². The minimum atomic E-state index is -0.631. The summed E-state index contributed by atoms with van der Waals surface area (Å²) in [5.74, 6) is -0.300. The molecule has 0 spiro atoms. The van der Waals surface area contributed by atoms with E-state index in [4.69, 9.17) is 5.26 Å². The fourth-order valence-corrected chi connectivity index (χ4v) is 1.08. The summed E-state index contributed by atoms with van der Waals surface area (Å²) in [4.78, 5) is 0. The first kappa shape index (κ1) is 10.5. The average Bonchev–Trinajstić information content (AvgIpc) is 2.18. The van der Waals surface area contributed by atoms with Crippen LogP contribution in [0.15, 0.2) is 24.3 Å². The SMILES string of the molecule is CCC(C)(C#N)Nc1cccc(F)c1. The van der Waals surface area contributed by atoms with E-state index in [1.807, 2.05) is 6.92 Å². The molecule has 0 aliphatic carbocycles. The zero-order valence-corrected chi connectivity index (χ0v) is 8.34. The van der Waals surface area contributed by atoms with Crippen molar-refractivity contribution in [3.63, 3.8) is 0 Å². The Morgan fingerprint density at radius 3 is 2.79 bits per heavy atom. The topological polar surface area (TPSA) is 35.8 Å². The molecular formula is C11H13FN2. The van der Waals surface area contributed by atoms with Crippen LogP contribution in [0, 0.1) is 17.1 Å². The molecule has 0 aromatic heterocycles. The van der Waals surface area contributed by atoms with Gasteiger partial charge in [0, 0.05) is 5.69 Å². The average molecular weight is 192 g/mol. The second kappa shape index (κ2) is 4.10. The molecule has 1 aromatic carbocycles. The van der Waals surface area contributed by atoms with E-state index in [-0.39, 0.29) is 5.82 Å². The first-order valence-electron chi connectivity index (χ1n) is 4.54. The van der Waals surface area contributed by atoms with E-state index in [0.29, 0.717) is 12.1 Å². The highest BCUT2D eigenvalue weighted by atomic mass is 19.1. The molecule has 74 valence electrons. The molecule has 0 amide bonds. The Bertz CT molecular complexity index is 357. The van der Waals surface area contributed by atoms with Crippen molar-refractivity contribution in [2.45, 2.75) is 25.8 Å². The first-order valence-corrected chi connectivity index (χ1v) is 4.54. The number of hydrogen-bond donors (Lipinski definition) is 1. The Labute approximate surface area is 83.4 Å². The molecule has 1 rings (SSSR count). The maximum absolute atomic E-state index is 12.8. The van der Waals surface area contributed by atoms with Gasteiger partial charge in [0.05, 0.1) is 6.07 Å². The Hall–Kier alpha value is -1.56. The molecule has 1 aromatic rings. The molecule has 14 heavy (non-hydrogen) atoms. The highest BCUT2D eigenvalue weighted by molar-refractivity contribution is 5.47. The summed E-state index contributed by atoms with van der Waals surface area (Å²) in [6.07, 6.45) is 0.667. The van der Waals surface area contributed by atoms with Crippen LogP contribution in [0.3, 0.4) is 0 Å². The van der Waals surface area contributed by atoms with Crippen LogP contribution in [0.4, 0.5) is 10.1 Å². The van der Waals surface area contributed by atoms with E-state index in [0.717, 1.165) is 0 Å². The van der Waals surface area contributed by atoms with Gasteiger partial charge in [-0.05, 0) is 31.5 Å². The summed E-state index contributed by atoms with van der Waals surface area (Å²) in [7, 11) is 0. The standard InChI is InChI=1S/C11H13FN2/c1-3-11(2,8-13)14-10-6-4-5-9(12)7-10/h4-7,14H,3H2,1-2H3. The molecule has 2 nitrogen and oxygen atoms in total. The molecule has 0 radical (unpaired) electrons. The lowest BCUT2D eigenvalue weighted by Gasteiger charge is -2.22. The predicted octanol–water partition coefficient (Wildman–Crippen LogP) is 2.93. The summed E-state index contributed by atoms with van der Waals surface area (Å²) in [6.45, 7) is 3.70. The monoisotopic (exact) mass is 192 g/mol. The summed E-state index contributed by atoms with van der Waals surface area (Å²) >= 11 is 0. The molecular weight excluding hydrogens is 179 g/mol. The van der Waals surface area contributed by atoms with Crippen molar-refractivity contribution in [1.82, 2.24) is 0 Å². The van der Waals surface area contributed by atoms with Gasteiger partial charge in [0.2, 0.25) is 0 Å². The maximum atomic E-state index is 12.8. The molecule has 0 saturated carbocycles. The van der Waals surface area contributed by atoms with Crippen LogP contribution in [-0.4, -0.2) is 5.54 Å². The third-order valence-electron chi connectivity index (χ3n) is 2.20. The normalized spacial score (nSPS) is 14.1. The van der Waals surface area contributed by atoms with Gasteiger partial charge in [0.25, 0.3) is 0 Å². The van der Waals surface area contributed by atoms with E-state index in [1.54, 1.807) is 19.1 Å². The predicted molar refractivity (Wildman–Crippen MR) is 54.3 cm³/mol. The quantitative estimate of drug-likeness (QED) is 0.799. The van der Waals surface area contributed by atoms with E-state index in [1.165, 1.54) is 12.1 Å². The van der Waals surface area contributed by atoms with Gasteiger partial charge in [-0.25, -0.2) is 4.39 Å². The Morgan fingerprint density at radius 1 is 1.57 bits per heavy atom. The number of nitrogens with zero attached hydrogens (tertiary/aromatic N) is 1. The van der Waals surface area contributed by atoms with E-state index in [9.17, 15) is 4.39 Å². The minimum absolute atomic E-state index is 0.300. The van der Waals surface area contributed by atoms with Crippen LogP contribution in [0.5, 0.6) is 0 Å². The number of hydrogen-bond acceptors (Lipinski definition) is 2. The van der Waals surface area contributed by atoms with Gasteiger partial charge >= 0.3 is 0 Å². The highest BCUT2D eigenvalue weighted by Crippen LogP contribution is 2.18. The van der Waals surface area contributed by atoms with Crippen molar-refractivity contribution in [2.75, 3.05) is 5.32 Å². The third kappa shape index (κ3) is 2.46. The maximum Gasteiger partial charge on any atom is 0.125 e. The first-order chi connectivity index (χ1) is 6.59. The second-order valence-electron chi connectivity index (χ2n) is 3.43. The van der Waals surface area contributed by atoms with Crippen LogP contribution in [0.25, 0.3) is 0 Å². The Kier molecular flexibility index (Phi) is 3.08. The van der Waals surface area contributed by atoms with Crippen LogP contribution in [0.1, 0.15) is 20.3 Å². The lowest BCUT2D eigenvalue weighted by atomic mass is 10.0.